The summed E-state index contributed by atoms with van der Waals surface area (Å²) in [5.74, 6) is -0.204. The Hall–Kier alpha value is -2.38. The Morgan fingerprint density at radius 3 is 2.67 bits per heavy atom. The van der Waals surface area contributed by atoms with Crippen LogP contribution in [0.15, 0.2) is 30.5 Å². The lowest BCUT2D eigenvalue weighted by Crippen LogP contribution is -2.44. The molecule has 0 spiro atoms. The summed E-state index contributed by atoms with van der Waals surface area (Å²) in [6.45, 7) is 1.49. The Labute approximate surface area is 158 Å². The molecule has 2 fully saturated rings. The Bertz CT molecular complexity index is 854. The second-order valence-electron chi connectivity index (χ2n) is 7.73. The third kappa shape index (κ3) is 3.57. The minimum absolute atomic E-state index is 0.0113. The second-order valence-corrected chi connectivity index (χ2v) is 7.73. The number of carboxylic acid groups (broad SMARTS) is 1. The van der Waals surface area contributed by atoms with Crippen LogP contribution < -0.4 is 10.9 Å². The highest BCUT2D eigenvalue weighted by atomic mass is 16.4. The SMILES string of the molecule is Cn1cc(C(=O)N2CCC(C3CC(CC(=O)O)NN3)CC2)c2ccccc21. The number of aryl methyl sites for hydroxylation is 1. The fourth-order valence-electron chi connectivity index (χ4n) is 4.49. The van der Waals surface area contributed by atoms with Gasteiger partial charge in [0.25, 0.3) is 5.91 Å². The van der Waals surface area contributed by atoms with Crippen LogP contribution >= 0.6 is 0 Å². The molecule has 1 aromatic carbocycles. The first-order valence-corrected chi connectivity index (χ1v) is 9.59. The van der Waals surface area contributed by atoms with Crippen LogP contribution in [0.1, 0.15) is 36.0 Å². The van der Waals surface area contributed by atoms with Crippen molar-refractivity contribution in [3.8, 4) is 0 Å². The van der Waals surface area contributed by atoms with Crippen LogP contribution in [0, 0.1) is 5.92 Å². The van der Waals surface area contributed by atoms with Gasteiger partial charge in [-0.15, -0.1) is 0 Å². The van der Waals surface area contributed by atoms with Crippen LogP contribution in [-0.4, -0.2) is 51.6 Å². The van der Waals surface area contributed by atoms with Crippen LogP contribution in [0.3, 0.4) is 0 Å². The van der Waals surface area contributed by atoms with E-state index in [2.05, 4.69) is 10.9 Å². The molecule has 0 bridgehead atoms. The van der Waals surface area contributed by atoms with E-state index in [1.165, 1.54) is 0 Å². The van der Waals surface area contributed by atoms with E-state index in [1.54, 1.807) is 0 Å². The fourth-order valence-corrected chi connectivity index (χ4v) is 4.49. The minimum Gasteiger partial charge on any atom is -0.481 e. The molecule has 1 aromatic heterocycles. The smallest absolute Gasteiger partial charge is 0.304 e. The number of aromatic nitrogens is 1. The molecule has 2 unspecified atom stereocenters. The summed E-state index contributed by atoms with van der Waals surface area (Å²) in [5.41, 5.74) is 8.21. The number of likely N-dealkylation sites (tertiary alicyclic amines) is 1. The number of hydrogen-bond donors (Lipinski definition) is 3. The number of fused-ring (bicyclic) bond motifs is 1. The highest BCUT2D eigenvalue weighted by Crippen LogP contribution is 2.28. The molecule has 0 radical (unpaired) electrons. The number of para-hydroxylation sites is 1. The summed E-state index contributed by atoms with van der Waals surface area (Å²) < 4.78 is 2.01. The number of carboxylic acids is 1. The van der Waals surface area contributed by atoms with Gasteiger partial charge in [0, 0.05) is 49.3 Å². The fraction of sp³-hybridized carbons (Fsp3) is 0.500. The number of nitrogens with one attached hydrogen (secondary N) is 2. The van der Waals surface area contributed by atoms with Crippen LogP contribution in [-0.2, 0) is 11.8 Å². The van der Waals surface area contributed by atoms with Gasteiger partial charge in [0.05, 0.1) is 12.0 Å². The van der Waals surface area contributed by atoms with Crippen molar-refractivity contribution in [1.82, 2.24) is 20.3 Å². The molecule has 1 amide bonds. The third-order valence-corrected chi connectivity index (χ3v) is 5.96. The maximum Gasteiger partial charge on any atom is 0.304 e. The summed E-state index contributed by atoms with van der Waals surface area (Å²) >= 11 is 0. The molecular formula is C20H26N4O3. The van der Waals surface area contributed by atoms with Gasteiger partial charge in [0.15, 0.2) is 0 Å². The molecule has 2 aromatic rings. The first kappa shape index (κ1) is 18.0. The molecule has 144 valence electrons. The van der Waals surface area contributed by atoms with Gasteiger partial charge in [0.2, 0.25) is 0 Å². The molecule has 2 aliphatic heterocycles. The zero-order chi connectivity index (χ0) is 19.0. The number of benzene rings is 1. The highest BCUT2D eigenvalue weighted by molar-refractivity contribution is 6.07. The van der Waals surface area contributed by atoms with Gasteiger partial charge in [-0.1, -0.05) is 18.2 Å². The summed E-state index contributed by atoms with van der Waals surface area (Å²) in [4.78, 5) is 25.9. The predicted molar refractivity (Wildman–Crippen MR) is 102 cm³/mol. The molecule has 2 saturated heterocycles. The second kappa shape index (κ2) is 7.32. The van der Waals surface area contributed by atoms with E-state index in [-0.39, 0.29) is 24.4 Å². The zero-order valence-corrected chi connectivity index (χ0v) is 15.5. The van der Waals surface area contributed by atoms with E-state index in [9.17, 15) is 9.59 Å². The molecular weight excluding hydrogens is 344 g/mol. The van der Waals surface area contributed by atoms with Crippen molar-refractivity contribution in [3.63, 3.8) is 0 Å². The largest absolute Gasteiger partial charge is 0.481 e. The number of rotatable bonds is 4. The van der Waals surface area contributed by atoms with Crippen LogP contribution in [0.5, 0.6) is 0 Å². The van der Waals surface area contributed by atoms with Gasteiger partial charge in [-0.3, -0.25) is 20.4 Å². The van der Waals surface area contributed by atoms with E-state index in [1.807, 2.05) is 47.0 Å². The standard InChI is InChI=1S/C20H26N4O3/c1-23-12-16(15-4-2-3-5-18(15)23)20(27)24-8-6-13(7-9-24)17-10-14(21-22-17)11-19(25)26/h2-5,12-14,17,21-22H,6-11H2,1H3,(H,25,26). The number of piperidine rings is 1. The molecule has 3 heterocycles. The number of carbonyl (C=O) groups excluding carboxylic acids is 1. The molecule has 2 aliphatic rings. The zero-order valence-electron chi connectivity index (χ0n) is 15.5. The van der Waals surface area contributed by atoms with Gasteiger partial charge >= 0.3 is 5.97 Å². The molecule has 0 saturated carbocycles. The normalized spacial score (nSPS) is 23.8. The lowest BCUT2D eigenvalue weighted by molar-refractivity contribution is -0.137. The molecule has 7 nitrogen and oxygen atoms in total. The van der Waals surface area contributed by atoms with Crippen molar-refractivity contribution in [2.24, 2.45) is 13.0 Å². The number of hydrazine groups is 1. The number of aliphatic carboxylic acids is 1. The first-order chi connectivity index (χ1) is 13.0. The topological polar surface area (TPSA) is 86.6 Å². The van der Waals surface area contributed by atoms with E-state index < -0.39 is 5.97 Å². The molecule has 0 aliphatic carbocycles. The summed E-state index contributed by atoms with van der Waals surface area (Å²) in [7, 11) is 1.97. The number of hydrogen-bond acceptors (Lipinski definition) is 4. The van der Waals surface area contributed by atoms with E-state index >= 15 is 0 Å². The van der Waals surface area contributed by atoms with Gasteiger partial charge in [0.1, 0.15) is 0 Å². The highest BCUT2D eigenvalue weighted by Gasteiger charge is 2.34. The van der Waals surface area contributed by atoms with E-state index in [4.69, 9.17) is 5.11 Å². The van der Waals surface area contributed by atoms with Crippen molar-refractivity contribution in [2.75, 3.05) is 13.1 Å². The monoisotopic (exact) mass is 370 g/mol. The van der Waals surface area contributed by atoms with Crippen molar-refractivity contribution in [3.05, 3.63) is 36.0 Å². The van der Waals surface area contributed by atoms with Gasteiger partial charge in [-0.2, -0.15) is 0 Å². The van der Waals surface area contributed by atoms with Crippen LogP contribution in [0.4, 0.5) is 0 Å². The molecule has 2 atom stereocenters. The number of carbonyl (C=O) groups is 2. The molecule has 3 N–H and O–H groups in total. The number of nitrogens with zero attached hydrogens (tertiary/aromatic N) is 2. The molecule has 7 heteroatoms. The van der Waals surface area contributed by atoms with Gasteiger partial charge < -0.3 is 14.6 Å². The van der Waals surface area contributed by atoms with Crippen LogP contribution in [0.2, 0.25) is 0 Å². The van der Waals surface area contributed by atoms with Crippen molar-refractivity contribution in [1.29, 1.82) is 0 Å². The summed E-state index contributed by atoms with van der Waals surface area (Å²) in [5, 5.41) is 9.94. The lowest BCUT2D eigenvalue weighted by atomic mass is 9.87. The van der Waals surface area contributed by atoms with Crippen molar-refractivity contribution in [2.45, 2.75) is 37.8 Å². The van der Waals surface area contributed by atoms with Gasteiger partial charge in [-0.05, 0) is 31.2 Å². The first-order valence-electron chi connectivity index (χ1n) is 9.59. The Kier molecular flexibility index (Phi) is 4.88. The Balaban J connectivity index is 1.38. The minimum atomic E-state index is -0.773. The Morgan fingerprint density at radius 2 is 1.93 bits per heavy atom. The maximum atomic E-state index is 13.0. The average molecular weight is 370 g/mol. The predicted octanol–water partition coefficient (Wildman–Crippen LogP) is 1.74. The van der Waals surface area contributed by atoms with Crippen LogP contribution in [0.25, 0.3) is 10.9 Å². The Morgan fingerprint density at radius 1 is 1.19 bits per heavy atom. The number of amides is 1. The quantitative estimate of drug-likeness (QED) is 0.763. The average Bonchev–Trinajstić information content (AvgIpc) is 3.26. The molecule has 27 heavy (non-hydrogen) atoms. The van der Waals surface area contributed by atoms with Gasteiger partial charge in [-0.25, -0.2) is 0 Å². The lowest BCUT2D eigenvalue weighted by Gasteiger charge is -2.34. The molecule has 4 rings (SSSR count). The maximum absolute atomic E-state index is 13.0. The van der Waals surface area contributed by atoms with E-state index in [0.717, 1.165) is 48.8 Å². The van der Waals surface area contributed by atoms with Crippen molar-refractivity contribution >= 4 is 22.8 Å². The van der Waals surface area contributed by atoms with E-state index in [0.29, 0.717) is 5.92 Å². The third-order valence-electron chi connectivity index (χ3n) is 5.96. The van der Waals surface area contributed by atoms with Crippen molar-refractivity contribution < 1.29 is 14.7 Å². The summed E-state index contributed by atoms with van der Waals surface area (Å²) in [6.07, 6.45) is 4.78. The summed E-state index contributed by atoms with van der Waals surface area (Å²) in [6, 6.07) is 8.27.